The van der Waals surface area contributed by atoms with Crippen molar-refractivity contribution in [1.82, 2.24) is 0 Å². The zero-order valence-electron chi connectivity index (χ0n) is 35.9. The number of ether oxygens (including phenoxy) is 3. The standard InChI is InChI=1S/C47H68O5Si2/c1-15-48-45-42(37-18-22-40(23-19-37)49-26-16-28-51-53(11,12)46(5,6)7)32-39(44-35(3)30-34(2)31-36(44)4)33-43(45)38-20-24-41(25-21-38)50-27-17-29-52-54(13,14)47(8,9)10/h18-25,30-33H,15-17,26-29H2,1-14H3. The Kier molecular flexibility index (Phi) is 14.5. The maximum atomic E-state index is 6.51. The van der Waals surface area contributed by atoms with E-state index in [0.29, 0.717) is 19.8 Å². The Hall–Kier alpha value is -3.37. The van der Waals surface area contributed by atoms with Crippen molar-refractivity contribution in [3.05, 3.63) is 89.5 Å². The van der Waals surface area contributed by atoms with Gasteiger partial charge in [-0.3, -0.25) is 0 Å². The summed E-state index contributed by atoms with van der Waals surface area (Å²) in [4.78, 5) is 0. The Morgan fingerprint density at radius 1 is 0.500 bits per heavy atom. The fourth-order valence-corrected chi connectivity index (χ4v) is 8.36. The van der Waals surface area contributed by atoms with Gasteiger partial charge in [-0.2, -0.15) is 0 Å². The molecule has 0 saturated carbocycles. The van der Waals surface area contributed by atoms with Crippen LogP contribution in [0.5, 0.6) is 17.2 Å². The van der Waals surface area contributed by atoms with E-state index in [0.717, 1.165) is 65.6 Å². The molecule has 5 nitrogen and oxygen atoms in total. The van der Waals surface area contributed by atoms with Gasteiger partial charge in [0, 0.05) is 37.2 Å². The monoisotopic (exact) mass is 768 g/mol. The highest BCUT2D eigenvalue weighted by atomic mass is 28.4. The molecule has 294 valence electrons. The third-order valence-corrected chi connectivity index (χ3v) is 20.4. The summed E-state index contributed by atoms with van der Waals surface area (Å²) in [5.74, 6) is 2.58. The third-order valence-electron chi connectivity index (χ3n) is 11.3. The predicted molar refractivity (Wildman–Crippen MR) is 235 cm³/mol. The van der Waals surface area contributed by atoms with Crippen molar-refractivity contribution in [1.29, 1.82) is 0 Å². The van der Waals surface area contributed by atoms with Crippen LogP contribution < -0.4 is 14.2 Å². The molecule has 0 aliphatic rings. The average Bonchev–Trinajstić information content (AvgIpc) is 3.07. The van der Waals surface area contributed by atoms with E-state index in [1.165, 1.54) is 27.8 Å². The van der Waals surface area contributed by atoms with Crippen LogP contribution in [0.2, 0.25) is 36.3 Å². The van der Waals surface area contributed by atoms with Crippen LogP contribution in [0.15, 0.2) is 72.8 Å². The quantitative estimate of drug-likeness (QED) is 0.0791. The summed E-state index contributed by atoms with van der Waals surface area (Å²) in [5, 5.41) is 0.410. The van der Waals surface area contributed by atoms with Crippen molar-refractivity contribution in [2.24, 2.45) is 0 Å². The molecule has 0 aliphatic carbocycles. The highest BCUT2D eigenvalue weighted by Gasteiger charge is 2.37. The van der Waals surface area contributed by atoms with E-state index in [-0.39, 0.29) is 10.1 Å². The van der Waals surface area contributed by atoms with E-state index < -0.39 is 16.6 Å². The fourth-order valence-electron chi connectivity index (χ4n) is 6.18. The molecule has 4 aromatic carbocycles. The molecule has 0 aromatic heterocycles. The van der Waals surface area contributed by atoms with Crippen molar-refractivity contribution in [3.8, 4) is 50.6 Å². The molecule has 0 unspecified atom stereocenters. The summed E-state index contributed by atoms with van der Waals surface area (Å²) < 4.78 is 31.6. The van der Waals surface area contributed by atoms with Gasteiger partial charge in [-0.05, 0) is 134 Å². The molecule has 0 bridgehead atoms. The first-order chi connectivity index (χ1) is 25.2. The number of hydrogen-bond acceptors (Lipinski definition) is 5. The first kappa shape index (κ1) is 43.4. The SMILES string of the molecule is CCOc1c(-c2ccc(OCCCO[Si](C)(C)C(C)(C)C)cc2)cc(-c2c(C)cc(C)cc2C)cc1-c1ccc(OCCCO[Si](C)(C)C(C)(C)C)cc1. The molecule has 0 spiro atoms. The zero-order valence-corrected chi connectivity index (χ0v) is 37.9. The van der Waals surface area contributed by atoms with Gasteiger partial charge < -0.3 is 23.1 Å². The summed E-state index contributed by atoms with van der Waals surface area (Å²) in [5.41, 5.74) is 10.5. The lowest BCUT2D eigenvalue weighted by molar-refractivity contribution is 0.233. The van der Waals surface area contributed by atoms with Crippen molar-refractivity contribution >= 4 is 16.6 Å². The molecule has 54 heavy (non-hydrogen) atoms. The van der Waals surface area contributed by atoms with Gasteiger partial charge >= 0.3 is 0 Å². The van der Waals surface area contributed by atoms with E-state index in [9.17, 15) is 0 Å². The molecule has 4 aromatic rings. The largest absolute Gasteiger partial charge is 0.494 e. The summed E-state index contributed by atoms with van der Waals surface area (Å²) in [7, 11) is -3.52. The molecule has 0 N–H and O–H groups in total. The summed E-state index contributed by atoms with van der Waals surface area (Å²) in [6, 6.07) is 26.0. The normalized spacial score (nSPS) is 12.6. The summed E-state index contributed by atoms with van der Waals surface area (Å²) in [6.45, 7) is 34.7. The Morgan fingerprint density at radius 3 is 1.24 bits per heavy atom. The minimum Gasteiger partial charge on any atom is -0.494 e. The molecule has 0 fully saturated rings. The van der Waals surface area contributed by atoms with Gasteiger partial charge in [0.05, 0.1) is 19.8 Å². The number of rotatable bonds is 17. The van der Waals surface area contributed by atoms with Crippen LogP contribution >= 0.6 is 0 Å². The number of benzene rings is 4. The zero-order chi connectivity index (χ0) is 39.9. The summed E-state index contributed by atoms with van der Waals surface area (Å²) >= 11 is 0. The Balaban J connectivity index is 1.60. The minimum absolute atomic E-state index is 0.205. The first-order valence-electron chi connectivity index (χ1n) is 19.9. The maximum Gasteiger partial charge on any atom is 0.191 e. The molecule has 0 amide bonds. The Labute approximate surface area is 330 Å². The molecule has 0 aliphatic heterocycles. The molecule has 0 saturated heterocycles. The second kappa shape index (κ2) is 18.1. The first-order valence-corrected chi connectivity index (χ1v) is 25.7. The van der Waals surface area contributed by atoms with Crippen LogP contribution in [0.25, 0.3) is 33.4 Å². The number of aryl methyl sites for hydroxylation is 3. The Bertz CT molecular complexity index is 1690. The van der Waals surface area contributed by atoms with Gasteiger partial charge in [-0.15, -0.1) is 0 Å². The van der Waals surface area contributed by atoms with Crippen molar-refractivity contribution < 1.29 is 23.1 Å². The molecule has 7 heteroatoms. The Morgan fingerprint density at radius 2 is 0.889 bits per heavy atom. The second-order valence-corrected chi connectivity index (χ2v) is 27.4. The van der Waals surface area contributed by atoms with Crippen molar-refractivity contribution in [2.45, 2.75) is 118 Å². The number of hydrogen-bond donors (Lipinski definition) is 0. The second-order valence-electron chi connectivity index (χ2n) is 17.8. The fraction of sp³-hybridized carbons (Fsp3) is 0.489. The third kappa shape index (κ3) is 11.1. The van der Waals surface area contributed by atoms with E-state index in [1.807, 2.05) is 6.92 Å². The van der Waals surface area contributed by atoms with E-state index in [4.69, 9.17) is 23.1 Å². The van der Waals surface area contributed by atoms with Gasteiger partial charge in [0.15, 0.2) is 16.6 Å². The van der Waals surface area contributed by atoms with Gasteiger partial charge in [0.1, 0.15) is 17.2 Å². The molecular formula is C47H68O5Si2. The highest BCUT2D eigenvalue weighted by molar-refractivity contribution is 6.74. The van der Waals surface area contributed by atoms with E-state index >= 15 is 0 Å². The topological polar surface area (TPSA) is 46.2 Å². The van der Waals surface area contributed by atoms with Crippen molar-refractivity contribution in [2.75, 3.05) is 33.0 Å². The van der Waals surface area contributed by atoms with Crippen LogP contribution in [-0.2, 0) is 8.85 Å². The maximum absolute atomic E-state index is 6.51. The smallest absolute Gasteiger partial charge is 0.191 e. The molecule has 0 radical (unpaired) electrons. The van der Waals surface area contributed by atoms with E-state index in [2.05, 4.69) is 161 Å². The molecule has 4 rings (SSSR count). The lowest BCUT2D eigenvalue weighted by atomic mass is 9.88. The minimum atomic E-state index is -1.76. The van der Waals surface area contributed by atoms with Crippen LogP contribution in [-0.4, -0.2) is 49.7 Å². The average molecular weight is 769 g/mol. The van der Waals surface area contributed by atoms with Crippen LogP contribution in [0.4, 0.5) is 0 Å². The summed E-state index contributed by atoms with van der Waals surface area (Å²) in [6.07, 6.45) is 1.72. The van der Waals surface area contributed by atoms with Crippen LogP contribution in [0.1, 0.15) is 78.0 Å². The highest BCUT2D eigenvalue weighted by Crippen LogP contribution is 2.45. The van der Waals surface area contributed by atoms with E-state index in [1.54, 1.807) is 0 Å². The van der Waals surface area contributed by atoms with Gasteiger partial charge in [0.2, 0.25) is 0 Å². The van der Waals surface area contributed by atoms with Crippen LogP contribution in [0.3, 0.4) is 0 Å². The van der Waals surface area contributed by atoms with Crippen LogP contribution in [0, 0.1) is 20.8 Å². The van der Waals surface area contributed by atoms with Crippen molar-refractivity contribution in [3.63, 3.8) is 0 Å². The van der Waals surface area contributed by atoms with Gasteiger partial charge in [0.25, 0.3) is 0 Å². The lowest BCUT2D eigenvalue weighted by Crippen LogP contribution is -2.41. The van der Waals surface area contributed by atoms with Gasteiger partial charge in [-0.1, -0.05) is 83.5 Å². The lowest BCUT2D eigenvalue weighted by Gasteiger charge is -2.36. The molecule has 0 atom stereocenters. The molecule has 0 heterocycles. The van der Waals surface area contributed by atoms with Gasteiger partial charge in [-0.25, -0.2) is 0 Å². The molecular weight excluding hydrogens is 701 g/mol. The predicted octanol–water partition coefficient (Wildman–Crippen LogP) is 13.6.